The number of rotatable bonds is 3. The fourth-order valence-corrected chi connectivity index (χ4v) is 2.95. The number of aromatic amines is 1. The van der Waals surface area contributed by atoms with Gasteiger partial charge >= 0.3 is 5.97 Å². The summed E-state index contributed by atoms with van der Waals surface area (Å²) >= 11 is 3.50. The van der Waals surface area contributed by atoms with Crippen LogP contribution in [0.15, 0.2) is 22.7 Å². The van der Waals surface area contributed by atoms with Gasteiger partial charge in [-0.3, -0.25) is 0 Å². The van der Waals surface area contributed by atoms with Crippen LogP contribution in [-0.2, 0) is 10.2 Å². The van der Waals surface area contributed by atoms with Crippen molar-refractivity contribution in [2.45, 2.75) is 32.1 Å². The number of aromatic nitrogens is 1. The number of benzene rings is 1. The molecule has 1 saturated carbocycles. The zero-order valence-electron chi connectivity index (χ0n) is 11.0. The van der Waals surface area contributed by atoms with E-state index in [4.69, 9.17) is 4.74 Å². The first-order chi connectivity index (χ1) is 9.05. The SMILES string of the molecule is CCOC(=O)c1[nH]c2ccc(Br)cc2c1C1(C)CC1. The first-order valence-corrected chi connectivity index (χ1v) is 7.33. The second-order valence-corrected chi connectivity index (χ2v) is 6.26. The molecule has 3 nitrogen and oxygen atoms in total. The molecule has 100 valence electrons. The summed E-state index contributed by atoms with van der Waals surface area (Å²) in [7, 11) is 0. The largest absolute Gasteiger partial charge is 0.461 e. The first-order valence-electron chi connectivity index (χ1n) is 6.54. The van der Waals surface area contributed by atoms with Gasteiger partial charge in [0.25, 0.3) is 0 Å². The van der Waals surface area contributed by atoms with Crippen LogP contribution in [0.25, 0.3) is 10.9 Å². The minimum Gasteiger partial charge on any atom is -0.461 e. The third kappa shape index (κ3) is 2.08. The van der Waals surface area contributed by atoms with Crippen LogP contribution in [0.5, 0.6) is 0 Å². The Kier molecular flexibility index (Phi) is 2.93. The van der Waals surface area contributed by atoms with Gasteiger partial charge in [0.15, 0.2) is 0 Å². The summed E-state index contributed by atoms with van der Waals surface area (Å²) < 4.78 is 6.20. The Balaban J connectivity index is 2.23. The average Bonchev–Trinajstić information content (AvgIpc) is 2.99. The van der Waals surface area contributed by atoms with E-state index in [1.165, 1.54) is 0 Å². The van der Waals surface area contributed by atoms with E-state index in [1.54, 1.807) is 0 Å². The van der Waals surface area contributed by atoms with Gasteiger partial charge < -0.3 is 9.72 Å². The lowest BCUT2D eigenvalue weighted by Gasteiger charge is -2.10. The molecule has 19 heavy (non-hydrogen) atoms. The second kappa shape index (κ2) is 4.37. The van der Waals surface area contributed by atoms with E-state index < -0.39 is 0 Å². The van der Waals surface area contributed by atoms with Crippen LogP contribution >= 0.6 is 15.9 Å². The minimum atomic E-state index is -0.252. The first kappa shape index (κ1) is 12.7. The topological polar surface area (TPSA) is 42.1 Å². The summed E-state index contributed by atoms with van der Waals surface area (Å²) in [4.78, 5) is 15.4. The summed E-state index contributed by atoms with van der Waals surface area (Å²) in [6, 6.07) is 6.05. The van der Waals surface area contributed by atoms with Gasteiger partial charge in [0, 0.05) is 15.4 Å². The molecule has 1 aliphatic carbocycles. The third-order valence-electron chi connectivity index (χ3n) is 3.84. The summed E-state index contributed by atoms with van der Waals surface area (Å²) in [5, 5.41) is 1.12. The molecule has 1 heterocycles. The van der Waals surface area contributed by atoms with E-state index in [0.29, 0.717) is 12.3 Å². The van der Waals surface area contributed by atoms with Gasteiger partial charge in [0.2, 0.25) is 0 Å². The molecule has 0 amide bonds. The Morgan fingerprint density at radius 3 is 2.84 bits per heavy atom. The predicted octanol–water partition coefficient (Wildman–Crippen LogP) is 4.16. The number of carbonyl (C=O) groups is 1. The fourth-order valence-electron chi connectivity index (χ4n) is 2.58. The van der Waals surface area contributed by atoms with Gasteiger partial charge in [-0.05, 0) is 48.9 Å². The van der Waals surface area contributed by atoms with Crippen molar-refractivity contribution in [3.8, 4) is 0 Å². The van der Waals surface area contributed by atoms with Gasteiger partial charge in [0.1, 0.15) is 5.69 Å². The van der Waals surface area contributed by atoms with Crippen molar-refractivity contribution >= 4 is 32.8 Å². The van der Waals surface area contributed by atoms with Crippen molar-refractivity contribution in [1.82, 2.24) is 4.98 Å². The van der Waals surface area contributed by atoms with E-state index in [0.717, 1.165) is 33.8 Å². The molecular weight excluding hydrogens is 306 g/mol. The monoisotopic (exact) mass is 321 g/mol. The molecule has 4 heteroatoms. The van der Waals surface area contributed by atoms with Crippen LogP contribution in [0.4, 0.5) is 0 Å². The number of hydrogen-bond acceptors (Lipinski definition) is 2. The minimum absolute atomic E-state index is 0.112. The van der Waals surface area contributed by atoms with E-state index in [-0.39, 0.29) is 11.4 Å². The Morgan fingerprint density at radius 2 is 2.21 bits per heavy atom. The van der Waals surface area contributed by atoms with Crippen LogP contribution < -0.4 is 0 Å². The number of fused-ring (bicyclic) bond motifs is 1. The van der Waals surface area contributed by atoms with Gasteiger partial charge in [0.05, 0.1) is 6.61 Å². The standard InChI is InChI=1S/C15H16BrNO2/c1-3-19-14(18)13-12(15(2)6-7-15)10-8-9(16)4-5-11(10)17-13/h4-5,8,17H,3,6-7H2,1-2H3. The molecule has 0 radical (unpaired) electrons. The van der Waals surface area contributed by atoms with Gasteiger partial charge in [-0.25, -0.2) is 4.79 Å². The Labute approximate surface area is 120 Å². The van der Waals surface area contributed by atoms with Crippen molar-refractivity contribution in [2.24, 2.45) is 0 Å². The second-order valence-electron chi connectivity index (χ2n) is 5.35. The Hall–Kier alpha value is -1.29. The average molecular weight is 322 g/mol. The van der Waals surface area contributed by atoms with Crippen molar-refractivity contribution in [3.05, 3.63) is 33.9 Å². The number of ether oxygens (including phenoxy) is 1. The van der Waals surface area contributed by atoms with Crippen molar-refractivity contribution in [3.63, 3.8) is 0 Å². The summed E-state index contributed by atoms with van der Waals surface area (Å²) in [6.07, 6.45) is 2.25. The zero-order chi connectivity index (χ0) is 13.6. The highest BCUT2D eigenvalue weighted by atomic mass is 79.9. The molecular formula is C15H16BrNO2. The van der Waals surface area contributed by atoms with Crippen molar-refractivity contribution in [2.75, 3.05) is 6.61 Å². The van der Waals surface area contributed by atoms with Crippen molar-refractivity contribution < 1.29 is 9.53 Å². The highest BCUT2D eigenvalue weighted by molar-refractivity contribution is 9.10. The fraction of sp³-hybridized carbons (Fsp3) is 0.400. The highest BCUT2D eigenvalue weighted by Crippen LogP contribution is 2.51. The molecule has 0 unspecified atom stereocenters. The van der Waals surface area contributed by atoms with Crippen LogP contribution in [0.1, 0.15) is 42.7 Å². The summed E-state index contributed by atoms with van der Waals surface area (Å²) in [5.41, 5.74) is 2.84. The third-order valence-corrected chi connectivity index (χ3v) is 4.34. The number of nitrogens with one attached hydrogen (secondary N) is 1. The maximum Gasteiger partial charge on any atom is 0.355 e. The molecule has 1 N–H and O–H groups in total. The Bertz CT molecular complexity index is 655. The molecule has 0 aliphatic heterocycles. The lowest BCUT2D eigenvalue weighted by molar-refractivity contribution is 0.0518. The van der Waals surface area contributed by atoms with Gasteiger partial charge in [-0.15, -0.1) is 0 Å². The summed E-state index contributed by atoms with van der Waals surface area (Å²) in [6.45, 7) is 4.43. The van der Waals surface area contributed by atoms with Crippen LogP contribution in [0.3, 0.4) is 0 Å². The predicted molar refractivity (Wildman–Crippen MR) is 78.5 cm³/mol. The maximum atomic E-state index is 12.1. The van der Waals surface area contributed by atoms with E-state index >= 15 is 0 Å². The normalized spacial score (nSPS) is 16.6. The van der Waals surface area contributed by atoms with Crippen molar-refractivity contribution in [1.29, 1.82) is 0 Å². The lowest BCUT2D eigenvalue weighted by atomic mass is 9.95. The lowest BCUT2D eigenvalue weighted by Crippen LogP contribution is -2.12. The molecule has 1 aromatic heterocycles. The quantitative estimate of drug-likeness (QED) is 0.862. The number of H-pyrrole nitrogens is 1. The van der Waals surface area contributed by atoms with Gasteiger partial charge in [-0.1, -0.05) is 22.9 Å². The smallest absolute Gasteiger partial charge is 0.355 e. The van der Waals surface area contributed by atoms with Crippen LogP contribution in [0, 0.1) is 0 Å². The Morgan fingerprint density at radius 1 is 1.47 bits per heavy atom. The zero-order valence-corrected chi connectivity index (χ0v) is 12.6. The molecule has 3 rings (SSSR count). The number of hydrogen-bond donors (Lipinski definition) is 1. The van der Waals surface area contributed by atoms with E-state index in [1.807, 2.05) is 19.1 Å². The molecule has 1 fully saturated rings. The van der Waals surface area contributed by atoms with Gasteiger partial charge in [-0.2, -0.15) is 0 Å². The summed E-state index contributed by atoms with van der Waals surface area (Å²) in [5.74, 6) is -0.252. The molecule has 0 saturated heterocycles. The van der Waals surface area contributed by atoms with E-state index in [9.17, 15) is 4.79 Å². The van der Waals surface area contributed by atoms with E-state index in [2.05, 4.69) is 33.9 Å². The molecule has 1 aromatic carbocycles. The molecule has 0 bridgehead atoms. The molecule has 1 aliphatic rings. The molecule has 0 spiro atoms. The number of carbonyl (C=O) groups excluding carboxylic acids is 1. The van der Waals surface area contributed by atoms with Crippen LogP contribution in [-0.4, -0.2) is 17.6 Å². The maximum absolute atomic E-state index is 12.1. The molecule has 2 aromatic rings. The highest BCUT2D eigenvalue weighted by Gasteiger charge is 2.44. The molecule has 0 atom stereocenters. The van der Waals surface area contributed by atoms with Crippen LogP contribution in [0.2, 0.25) is 0 Å². The number of halogens is 1. The number of esters is 1.